The van der Waals surface area contributed by atoms with Gasteiger partial charge in [-0.2, -0.15) is 0 Å². The lowest BCUT2D eigenvalue weighted by atomic mass is 9.89. The molecule has 80 valence electrons. The first-order valence-electron chi connectivity index (χ1n) is 5.59. The molecule has 0 aliphatic heterocycles. The molecule has 1 aromatic carbocycles. The minimum absolute atomic E-state index is 0.0813. The van der Waals surface area contributed by atoms with Gasteiger partial charge in [0.25, 0.3) is 0 Å². The Balaban J connectivity index is 2.89. The van der Waals surface area contributed by atoms with E-state index in [0.717, 1.165) is 23.6 Å². The van der Waals surface area contributed by atoms with Gasteiger partial charge in [0.2, 0.25) is 0 Å². The molecule has 0 atom stereocenters. The van der Waals surface area contributed by atoms with Crippen LogP contribution in [0.5, 0.6) is 0 Å². The van der Waals surface area contributed by atoms with Gasteiger partial charge in [0, 0.05) is 0 Å². The molecule has 0 spiro atoms. The summed E-state index contributed by atoms with van der Waals surface area (Å²) in [4.78, 5) is 0. The van der Waals surface area contributed by atoms with Crippen LogP contribution in [0.25, 0.3) is 11.6 Å². The summed E-state index contributed by atoms with van der Waals surface area (Å²) in [5, 5.41) is 2.38. The third-order valence-electron chi connectivity index (χ3n) is 3.23. The second-order valence-electron chi connectivity index (χ2n) is 4.56. The third kappa shape index (κ3) is 1.71. The Bertz CT molecular complexity index is 495. The van der Waals surface area contributed by atoms with Crippen LogP contribution in [0, 0.1) is 18.7 Å². The highest BCUT2D eigenvalue weighted by molar-refractivity contribution is 5.54. The topological polar surface area (TPSA) is 0 Å². The van der Waals surface area contributed by atoms with E-state index in [9.17, 15) is 4.39 Å². The Labute approximate surface area is 90.1 Å². The van der Waals surface area contributed by atoms with E-state index in [0.29, 0.717) is 5.92 Å². The predicted molar refractivity (Wildman–Crippen MR) is 62.3 cm³/mol. The molecule has 1 aromatic rings. The van der Waals surface area contributed by atoms with E-state index in [1.165, 1.54) is 10.8 Å². The summed E-state index contributed by atoms with van der Waals surface area (Å²) >= 11 is 0. The molecule has 0 saturated heterocycles. The molecule has 0 saturated carbocycles. The summed E-state index contributed by atoms with van der Waals surface area (Å²) in [5.74, 6) is 0.431. The van der Waals surface area contributed by atoms with Gasteiger partial charge in [-0.3, -0.25) is 0 Å². The van der Waals surface area contributed by atoms with Crippen molar-refractivity contribution in [2.75, 3.05) is 0 Å². The maximum atomic E-state index is 13.5. The summed E-state index contributed by atoms with van der Waals surface area (Å²) in [5.41, 5.74) is 2.22. The van der Waals surface area contributed by atoms with E-state index >= 15 is 0 Å². The van der Waals surface area contributed by atoms with E-state index in [-0.39, 0.29) is 5.82 Å². The van der Waals surface area contributed by atoms with E-state index in [2.05, 4.69) is 19.9 Å². The van der Waals surface area contributed by atoms with Crippen LogP contribution >= 0.6 is 0 Å². The van der Waals surface area contributed by atoms with Crippen LogP contribution in [0.2, 0.25) is 0 Å². The smallest absolute Gasteiger partial charge is 0.126 e. The second-order valence-corrected chi connectivity index (χ2v) is 4.56. The zero-order valence-corrected chi connectivity index (χ0v) is 9.60. The molecule has 0 amide bonds. The highest BCUT2D eigenvalue weighted by Gasteiger charge is 2.11. The molecular weight excluding hydrogens is 187 g/mol. The van der Waals surface area contributed by atoms with Crippen molar-refractivity contribution in [3.63, 3.8) is 0 Å². The first kappa shape index (κ1) is 10.4. The van der Waals surface area contributed by atoms with Crippen LogP contribution in [0.1, 0.15) is 32.3 Å². The number of hydrogen-bond donors (Lipinski definition) is 0. The SMILES string of the molecule is Cc1c(F)ccc2c1=C(C(C)C)CCC=2. The van der Waals surface area contributed by atoms with Crippen molar-refractivity contribution in [3.8, 4) is 0 Å². The van der Waals surface area contributed by atoms with Crippen LogP contribution < -0.4 is 10.4 Å². The lowest BCUT2D eigenvalue weighted by molar-refractivity contribution is 0.615. The third-order valence-corrected chi connectivity index (χ3v) is 3.23. The first-order valence-corrected chi connectivity index (χ1v) is 5.59. The van der Waals surface area contributed by atoms with Crippen molar-refractivity contribution in [2.24, 2.45) is 5.92 Å². The highest BCUT2D eigenvalue weighted by Crippen LogP contribution is 2.18. The van der Waals surface area contributed by atoms with Gasteiger partial charge in [0.05, 0.1) is 0 Å². The Morgan fingerprint density at radius 1 is 1.27 bits per heavy atom. The van der Waals surface area contributed by atoms with Crippen LogP contribution in [0.15, 0.2) is 12.1 Å². The normalized spacial score (nSPS) is 15.1. The number of benzene rings is 1. The molecular formula is C14H17F. The molecule has 0 heterocycles. The monoisotopic (exact) mass is 204 g/mol. The van der Waals surface area contributed by atoms with Gasteiger partial charge in [-0.15, -0.1) is 0 Å². The molecule has 1 aliphatic carbocycles. The van der Waals surface area contributed by atoms with Crippen LogP contribution in [0.4, 0.5) is 4.39 Å². The summed E-state index contributed by atoms with van der Waals surface area (Å²) < 4.78 is 13.5. The Hall–Kier alpha value is -1.11. The molecule has 2 rings (SSSR count). The number of rotatable bonds is 1. The standard InChI is InChI=1S/C14H17F/c1-9(2)12-6-4-5-11-7-8-13(15)10(3)14(11)12/h5,7-9H,4,6H2,1-3H3. The van der Waals surface area contributed by atoms with E-state index < -0.39 is 0 Å². The fourth-order valence-electron chi connectivity index (χ4n) is 2.39. The number of fused-ring (bicyclic) bond motifs is 1. The van der Waals surface area contributed by atoms with Gasteiger partial charge >= 0.3 is 0 Å². The molecule has 0 fully saturated rings. The summed E-state index contributed by atoms with van der Waals surface area (Å²) in [6.07, 6.45) is 4.38. The van der Waals surface area contributed by atoms with Crippen molar-refractivity contribution < 1.29 is 4.39 Å². The van der Waals surface area contributed by atoms with E-state index in [4.69, 9.17) is 0 Å². The highest BCUT2D eigenvalue weighted by atomic mass is 19.1. The zero-order chi connectivity index (χ0) is 11.0. The molecule has 0 unspecified atom stereocenters. The lowest BCUT2D eigenvalue weighted by Crippen LogP contribution is -2.34. The molecule has 15 heavy (non-hydrogen) atoms. The summed E-state index contributed by atoms with van der Waals surface area (Å²) in [7, 11) is 0. The summed E-state index contributed by atoms with van der Waals surface area (Å²) in [6, 6.07) is 3.48. The minimum atomic E-state index is -0.0813. The van der Waals surface area contributed by atoms with Crippen molar-refractivity contribution >= 4 is 11.6 Å². The molecule has 0 nitrogen and oxygen atoms in total. The average molecular weight is 204 g/mol. The Kier molecular flexibility index (Phi) is 2.64. The van der Waals surface area contributed by atoms with E-state index in [1.807, 2.05) is 13.0 Å². The van der Waals surface area contributed by atoms with Crippen molar-refractivity contribution in [3.05, 3.63) is 34.0 Å². The molecule has 0 bridgehead atoms. The predicted octanol–water partition coefficient (Wildman–Crippen LogP) is 2.52. The quantitative estimate of drug-likeness (QED) is 0.659. The van der Waals surface area contributed by atoms with Gasteiger partial charge in [-0.25, -0.2) is 4.39 Å². The lowest BCUT2D eigenvalue weighted by Gasteiger charge is -2.16. The molecule has 0 radical (unpaired) electrons. The minimum Gasteiger partial charge on any atom is -0.207 e. The molecule has 0 aromatic heterocycles. The first-order chi connectivity index (χ1) is 7.11. The Morgan fingerprint density at radius 3 is 2.67 bits per heavy atom. The fraction of sp³-hybridized carbons (Fsp3) is 0.429. The second kappa shape index (κ2) is 3.80. The Morgan fingerprint density at radius 2 is 2.00 bits per heavy atom. The number of hydrogen-bond acceptors (Lipinski definition) is 0. The van der Waals surface area contributed by atoms with Crippen LogP contribution in [-0.4, -0.2) is 0 Å². The fourth-order valence-corrected chi connectivity index (χ4v) is 2.39. The van der Waals surface area contributed by atoms with Gasteiger partial charge < -0.3 is 0 Å². The van der Waals surface area contributed by atoms with Gasteiger partial charge in [0.1, 0.15) is 5.82 Å². The largest absolute Gasteiger partial charge is 0.207 e. The van der Waals surface area contributed by atoms with Gasteiger partial charge in [0.15, 0.2) is 0 Å². The van der Waals surface area contributed by atoms with Crippen molar-refractivity contribution in [2.45, 2.75) is 33.6 Å². The van der Waals surface area contributed by atoms with Crippen LogP contribution in [-0.2, 0) is 0 Å². The van der Waals surface area contributed by atoms with Crippen molar-refractivity contribution in [1.29, 1.82) is 0 Å². The number of halogens is 1. The van der Waals surface area contributed by atoms with Crippen molar-refractivity contribution in [1.82, 2.24) is 0 Å². The summed E-state index contributed by atoms with van der Waals surface area (Å²) in [6.45, 7) is 6.26. The van der Waals surface area contributed by atoms with E-state index in [1.54, 1.807) is 6.07 Å². The molecule has 0 N–H and O–H groups in total. The maximum Gasteiger partial charge on any atom is 0.126 e. The maximum absolute atomic E-state index is 13.5. The molecule has 1 heteroatoms. The molecule has 1 aliphatic rings. The zero-order valence-electron chi connectivity index (χ0n) is 9.60. The van der Waals surface area contributed by atoms with Crippen LogP contribution in [0.3, 0.4) is 0 Å². The average Bonchev–Trinajstić information content (AvgIpc) is 2.23. The van der Waals surface area contributed by atoms with Gasteiger partial charge in [-0.1, -0.05) is 31.6 Å². The van der Waals surface area contributed by atoms with Gasteiger partial charge in [-0.05, 0) is 47.8 Å².